The standard InChI is InChI=1S/C26H39N2O5P/c1-7-30-25-23(27-26(31-8-2)24(28-25)20(5)6)19-22(34(29,32-9-3)33-10-4)18-14-17-21-15-12-11-13-16-21/h11-18,20,23-24H,7-10,19H2,1-6H3/b17-14+,22-18-/t23-,24+/m0/s1. The number of hydrogen-bond donors (Lipinski definition) is 0. The maximum Gasteiger partial charge on any atom is 0.357 e. The normalized spacial score (nSPS) is 19.3. The van der Waals surface area contributed by atoms with Crippen molar-refractivity contribution >= 4 is 25.5 Å². The molecule has 8 heteroatoms. The van der Waals surface area contributed by atoms with Gasteiger partial charge in [-0.3, -0.25) is 4.57 Å². The highest BCUT2D eigenvalue weighted by atomic mass is 31.2. The molecule has 0 saturated carbocycles. The van der Waals surface area contributed by atoms with E-state index in [9.17, 15) is 4.57 Å². The van der Waals surface area contributed by atoms with Gasteiger partial charge >= 0.3 is 7.60 Å². The molecule has 0 unspecified atom stereocenters. The third kappa shape index (κ3) is 7.93. The van der Waals surface area contributed by atoms with Crippen molar-refractivity contribution in [3.8, 4) is 0 Å². The minimum absolute atomic E-state index is 0.198. The van der Waals surface area contributed by atoms with Crippen molar-refractivity contribution in [2.24, 2.45) is 15.9 Å². The zero-order chi connectivity index (χ0) is 25.0. The van der Waals surface area contributed by atoms with Gasteiger partial charge in [0.15, 0.2) is 0 Å². The van der Waals surface area contributed by atoms with Gasteiger partial charge in [0.25, 0.3) is 0 Å². The fourth-order valence-electron chi connectivity index (χ4n) is 3.53. The molecule has 0 radical (unpaired) electrons. The second-order valence-corrected chi connectivity index (χ2v) is 10.1. The van der Waals surface area contributed by atoms with Crippen molar-refractivity contribution in [1.82, 2.24) is 0 Å². The molecule has 0 bridgehead atoms. The summed E-state index contributed by atoms with van der Waals surface area (Å²) in [6.45, 7) is 13.1. The van der Waals surface area contributed by atoms with E-state index in [0.717, 1.165) is 5.56 Å². The first-order valence-electron chi connectivity index (χ1n) is 12.1. The molecule has 0 aliphatic carbocycles. The highest BCUT2D eigenvalue weighted by molar-refractivity contribution is 7.58. The molecular weight excluding hydrogens is 451 g/mol. The van der Waals surface area contributed by atoms with Crippen molar-refractivity contribution in [3.05, 3.63) is 53.4 Å². The lowest BCUT2D eigenvalue weighted by Crippen LogP contribution is -2.38. The summed E-state index contributed by atoms with van der Waals surface area (Å²) in [4.78, 5) is 9.69. The Hall–Kier alpha value is -2.21. The number of hydrogen-bond acceptors (Lipinski definition) is 7. The molecule has 1 aliphatic rings. The fourth-order valence-corrected chi connectivity index (χ4v) is 5.28. The molecule has 0 spiro atoms. The second kappa shape index (κ2) is 14.2. The molecule has 2 rings (SSSR count). The van der Waals surface area contributed by atoms with E-state index < -0.39 is 13.6 Å². The van der Waals surface area contributed by atoms with Crippen molar-refractivity contribution in [3.63, 3.8) is 0 Å². The minimum Gasteiger partial charge on any atom is -0.480 e. The molecule has 1 aromatic rings. The number of ether oxygens (including phenoxy) is 2. The van der Waals surface area contributed by atoms with Gasteiger partial charge in [-0.05, 0) is 39.2 Å². The number of rotatable bonds is 12. The van der Waals surface area contributed by atoms with E-state index in [1.54, 1.807) is 19.9 Å². The monoisotopic (exact) mass is 490 g/mol. The van der Waals surface area contributed by atoms with Crippen LogP contribution in [0.15, 0.2) is 57.8 Å². The Morgan fingerprint density at radius 2 is 1.56 bits per heavy atom. The lowest BCUT2D eigenvalue weighted by atomic mass is 10.0. The maximum atomic E-state index is 13.8. The van der Waals surface area contributed by atoms with Crippen molar-refractivity contribution in [2.75, 3.05) is 26.4 Å². The van der Waals surface area contributed by atoms with E-state index in [2.05, 4.69) is 13.8 Å². The van der Waals surface area contributed by atoms with Gasteiger partial charge in [0.2, 0.25) is 11.8 Å². The summed E-state index contributed by atoms with van der Waals surface area (Å²) in [5, 5.41) is 0.517. The molecule has 0 N–H and O–H groups in total. The molecule has 1 heterocycles. The van der Waals surface area contributed by atoms with Crippen LogP contribution in [0.25, 0.3) is 6.08 Å². The fraction of sp³-hybridized carbons (Fsp3) is 0.538. The zero-order valence-corrected chi connectivity index (χ0v) is 22.2. The minimum atomic E-state index is -3.54. The van der Waals surface area contributed by atoms with Crippen molar-refractivity contribution in [1.29, 1.82) is 0 Å². The number of aliphatic imine (C=N–C) groups is 2. The van der Waals surface area contributed by atoms with E-state index in [1.165, 1.54) is 0 Å². The molecule has 0 amide bonds. The Balaban J connectivity index is 2.47. The molecule has 1 aliphatic heterocycles. The SMILES string of the molecule is CCOC1=N[C@H](C(C)C)C(OCC)=N[C@H]1C/C(=C/C=C/c1ccccc1)P(=O)(OCC)OCC. The Kier molecular flexibility index (Phi) is 11.7. The largest absolute Gasteiger partial charge is 0.480 e. The van der Waals surface area contributed by atoms with E-state index >= 15 is 0 Å². The lowest BCUT2D eigenvalue weighted by molar-refractivity contribution is 0.225. The van der Waals surface area contributed by atoms with Crippen LogP contribution < -0.4 is 0 Å². The van der Waals surface area contributed by atoms with Crippen molar-refractivity contribution < 1.29 is 23.1 Å². The van der Waals surface area contributed by atoms with Crippen LogP contribution in [-0.4, -0.2) is 50.3 Å². The quantitative estimate of drug-likeness (QED) is 0.246. The van der Waals surface area contributed by atoms with E-state index in [1.807, 2.05) is 56.3 Å². The summed E-state index contributed by atoms with van der Waals surface area (Å²) < 4.78 is 36.8. The molecule has 34 heavy (non-hydrogen) atoms. The summed E-state index contributed by atoms with van der Waals surface area (Å²) in [6, 6.07) is 9.21. The van der Waals surface area contributed by atoms with Crippen LogP contribution in [-0.2, 0) is 23.1 Å². The molecule has 1 aromatic carbocycles. The van der Waals surface area contributed by atoms with Gasteiger partial charge in [-0.15, -0.1) is 0 Å². The first-order chi connectivity index (χ1) is 16.4. The highest BCUT2D eigenvalue weighted by Gasteiger charge is 2.36. The third-order valence-electron chi connectivity index (χ3n) is 5.03. The second-order valence-electron chi connectivity index (χ2n) is 7.97. The van der Waals surface area contributed by atoms with Gasteiger partial charge in [-0.1, -0.05) is 62.4 Å². The lowest BCUT2D eigenvalue weighted by Gasteiger charge is -2.29. The van der Waals surface area contributed by atoms with Crippen LogP contribution in [0.5, 0.6) is 0 Å². The molecule has 7 nitrogen and oxygen atoms in total. The third-order valence-corrected chi connectivity index (χ3v) is 7.26. The van der Waals surface area contributed by atoms with Gasteiger partial charge < -0.3 is 18.5 Å². The van der Waals surface area contributed by atoms with E-state index in [4.69, 9.17) is 28.5 Å². The molecule has 2 atom stereocenters. The average Bonchev–Trinajstić information content (AvgIpc) is 2.81. The van der Waals surface area contributed by atoms with Crippen LogP contribution in [0.3, 0.4) is 0 Å². The van der Waals surface area contributed by atoms with Gasteiger partial charge in [0.1, 0.15) is 12.1 Å². The Bertz CT molecular complexity index is 914. The van der Waals surface area contributed by atoms with E-state index in [0.29, 0.717) is 30.3 Å². The van der Waals surface area contributed by atoms with E-state index in [-0.39, 0.29) is 31.6 Å². The molecule has 0 saturated heterocycles. The van der Waals surface area contributed by atoms with Crippen LogP contribution in [0.4, 0.5) is 0 Å². The first-order valence-corrected chi connectivity index (χ1v) is 13.7. The molecular formula is C26H39N2O5P. The van der Waals surface area contributed by atoms with Crippen LogP contribution in [0.2, 0.25) is 0 Å². The van der Waals surface area contributed by atoms with Crippen LogP contribution in [0.1, 0.15) is 53.5 Å². The smallest absolute Gasteiger partial charge is 0.357 e. The Labute approximate surface area is 204 Å². The predicted octanol–water partition coefficient (Wildman–Crippen LogP) is 6.52. The summed E-state index contributed by atoms with van der Waals surface area (Å²) in [6.07, 6.45) is 5.88. The van der Waals surface area contributed by atoms with Gasteiger partial charge in [0, 0.05) is 11.7 Å². The predicted molar refractivity (Wildman–Crippen MR) is 140 cm³/mol. The number of nitrogens with zero attached hydrogens (tertiary/aromatic N) is 2. The summed E-state index contributed by atoms with van der Waals surface area (Å²) >= 11 is 0. The average molecular weight is 491 g/mol. The first kappa shape index (κ1) is 28.0. The summed E-state index contributed by atoms with van der Waals surface area (Å²) in [7, 11) is -3.54. The number of allylic oxidation sites excluding steroid dienone is 2. The van der Waals surface area contributed by atoms with Crippen LogP contribution >= 0.6 is 7.60 Å². The summed E-state index contributed by atoms with van der Waals surface area (Å²) in [5.74, 6) is 1.29. The number of benzene rings is 1. The molecule has 0 aromatic heterocycles. The highest BCUT2D eigenvalue weighted by Crippen LogP contribution is 2.58. The van der Waals surface area contributed by atoms with Crippen molar-refractivity contribution in [2.45, 2.75) is 60.0 Å². The topological polar surface area (TPSA) is 78.7 Å². The maximum absolute atomic E-state index is 13.8. The van der Waals surface area contributed by atoms with Gasteiger partial charge in [-0.2, -0.15) is 0 Å². The van der Waals surface area contributed by atoms with Crippen LogP contribution in [0, 0.1) is 5.92 Å². The molecule has 188 valence electrons. The zero-order valence-electron chi connectivity index (χ0n) is 21.3. The Morgan fingerprint density at radius 1 is 0.941 bits per heavy atom. The molecule has 0 fully saturated rings. The van der Waals surface area contributed by atoms with Gasteiger partial charge in [-0.25, -0.2) is 9.98 Å². The van der Waals surface area contributed by atoms with Gasteiger partial charge in [0.05, 0.1) is 26.4 Å². The summed E-state index contributed by atoms with van der Waals surface area (Å²) in [5.41, 5.74) is 1.03. The Morgan fingerprint density at radius 3 is 2.12 bits per heavy atom.